The van der Waals surface area contributed by atoms with Gasteiger partial charge in [-0.3, -0.25) is 14.2 Å². The van der Waals surface area contributed by atoms with Crippen LogP contribution < -0.4 is 5.56 Å². The number of carbonyl (C=O) groups excluding carboxylic acids is 1. The third kappa shape index (κ3) is 3.62. The predicted octanol–water partition coefficient (Wildman–Crippen LogP) is 1.11. The van der Waals surface area contributed by atoms with Gasteiger partial charge in [-0.15, -0.1) is 0 Å². The van der Waals surface area contributed by atoms with Crippen molar-refractivity contribution < 1.29 is 4.79 Å². The highest BCUT2D eigenvalue weighted by Gasteiger charge is 2.20. The van der Waals surface area contributed by atoms with Crippen LogP contribution in [0.2, 0.25) is 0 Å². The Hall–Kier alpha value is -2.69. The number of aryl methyl sites for hydroxylation is 1. The van der Waals surface area contributed by atoms with Gasteiger partial charge in [0.25, 0.3) is 5.56 Å². The van der Waals surface area contributed by atoms with Crippen molar-refractivity contribution in [3.8, 4) is 6.07 Å². The molecule has 0 bridgehead atoms. The van der Waals surface area contributed by atoms with E-state index in [-0.39, 0.29) is 30.0 Å². The smallest absolute Gasteiger partial charge is 0.264 e. The second-order valence-electron chi connectivity index (χ2n) is 6.68. The van der Waals surface area contributed by atoms with Crippen LogP contribution in [0.3, 0.4) is 0 Å². The van der Waals surface area contributed by atoms with Gasteiger partial charge in [0, 0.05) is 26.6 Å². The van der Waals surface area contributed by atoms with Gasteiger partial charge in [0.15, 0.2) is 5.65 Å². The molecule has 0 unspecified atom stereocenters. The summed E-state index contributed by atoms with van der Waals surface area (Å²) in [5, 5.41) is 13.3. The van der Waals surface area contributed by atoms with E-state index >= 15 is 0 Å². The maximum atomic E-state index is 12.5. The molecule has 2 aromatic rings. The minimum atomic E-state index is -0.271. The van der Waals surface area contributed by atoms with Crippen LogP contribution in [-0.4, -0.2) is 43.7 Å². The lowest BCUT2D eigenvalue weighted by atomic mass is 10.1. The van der Waals surface area contributed by atoms with E-state index in [9.17, 15) is 9.59 Å². The van der Waals surface area contributed by atoms with E-state index in [1.165, 1.54) is 22.0 Å². The van der Waals surface area contributed by atoms with Crippen molar-refractivity contribution in [1.29, 1.82) is 5.26 Å². The Labute approximate surface area is 140 Å². The molecule has 0 aliphatic carbocycles. The molecule has 128 valence electrons. The molecule has 0 aromatic carbocycles. The summed E-state index contributed by atoms with van der Waals surface area (Å²) in [4.78, 5) is 30.4. The van der Waals surface area contributed by atoms with Crippen molar-refractivity contribution in [3.05, 3.63) is 22.9 Å². The summed E-state index contributed by atoms with van der Waals surface area (Å²) in [6.07, 6.45) is 3.45. The summed E-state index contributed by atoms with van der Waals surface area (Å²) in [5.74, 6) is -0.109. The van der Waals surface area contributed by atoms with Gasteiger partial charge in [-0.05, 0) is 20.8 Å². The van der Waals surface area contributed by atoms with Crippen LogP contribution in [0.15, 0.2) is 17.3 Å². The number of aromatic nitrogens is 4. The summed E-state index contributed by atoms with van der Waals surface area (Å²) in [6.45, 7) is 6.60. The number of rotatable bonds is 5. The minimum Gasteiger partial charge on any atom is -0.345 e. The van der Waals surface area contributed by atoms with Crippen molar-refractivity contribution in [2.45, 2.75) is 45.7 Å². The zero-order valence-corrected chi connectivity index (χ0v) is 14.5. The molecule has 0 spiro atoms. The SMILES string of the molecule is CN(CCC#N)C(=O)CCn1cnc2c(cnn2C(C)(C)C)c1=O. The maximum absolute atomic E-state index is 12.5. The molecule has 8 heteroatoms. The van der Waals surface area contributed by atoms with Gasteiger partial charge in [-0.2, -0.15) is 10.4 Å². The molecule has 8 nitrogen and oxygen atoms in total. The van der Waals surface area contributed by atoms with E-state index in [0.717, 1.165) is 0 Å². The lowest BCUT2D eigenvalue weighted by Crippen LogP contribution is -2.30. The van der Waals surface area contributed by atoms with Gasteiger partial charge in [0.1, 0.15) is 5.39 Å². The highest BCUT2D eigenvalue weighted by molar-refractivity contribution is 5.76. The predicted molar refractivity (Wildman–Crippen MR) is 89.3 cm³/mol. The van der Waals surface area contributed by atoms with Crippen LogP contribution in [0.4, 0.5) is 0 Å². The molecule has 1 amide bonds. The number of fused-ring (bicyclic) bond motifs is 1. The highest BCUT2D eigenvalue weighted by atomic mass is 16.2. The summed E-state index contributed by atoms with van der Waals surface area (Å²) in [7, 11) is 1.65. The van der Waals surface area contributed by atoms with Gasteiger partial charge in [-0.1, -0.05) is 0 Å². The Morgan fingerprint density at radius 1 is 1.42 bits per heavy atom. The molecular formula is C16H22N6O2. The summed E-state index contributed by atoms with van der Waals surface area (Å²) < 4.78 is 3.14. The fraction of sp³-hybridized carbons (Fsp3) is 0.562. The standard InChI is InChI=1S/C16H22N6O2/c1-16(2,3)22-14-12(10-19-22)15(24)21(11-18-14)9-6-13(23)20(4)8-5-7-17/h10-11H,5-6,8-9H2,1-4H3. The topological polar surface area (TPSA) is 96.8 Å². The molecule has 0 N–H and O–H groups in total. The Morgan fingerprint density at radius 3 is 2.75 bits per heavy atom. The van der Waals surface area contributed by atoms with Crippen molar-refractivity contribution >= 4 is 16.9 Å². The highest BCUT2D eigenvalue weighted by Crippen LogP contribution is 2.17. The third-order valence-electron chi connectivity index (χ3n) is 3.74. The number of nitrogens with zero attached hydrogens (tertiary/aromatic N) is 6. The number of hydrogen-bond acceptors (Lipinski definition) is 5. The second kappa shape index (κ2) is 6.83. The van der Waals surface area contributed by atoms with Crippen LogP contribution in [0.5, 0.6) is 0 Å². The summed E-state index contributed by atoms with van der Waals surface area (Å²) >= 11 is 0. The molecule has 2 rings (SSSR count). The van der Waals surface area contributed by atoms with E-state index in [1.54, 1.807) is 11.7 Å². The van der Waals surface area contributed by atoms with E-state index in [1.807, 2.05) is 26.8 Å². The Balaban J connectivity index is 2.17. The van der Waals surface area contributed by atoms with Crippen molar-refractivity contribution in [1.82, 2.24) is 24.2 Å². The van der Waals surface area contributed by atoms with Crippen molar-refractivity contribution in [2.75, 3.05) is 13.6 Å². The van der Waals surface area contributed by atoms with Gasteiger partial charge in [-0.25, -0.2) is 9.67 Å². The summed E-state index contributed by atoms with van der Waals surface area (Å²) in [5.41, 5.74) is 0.0662. The molecule has 2 heterocycles. The largest absolute Gasteiger partial charge is 0.345 e. The molecule has 0 fully saturated rings. The van der Waals surface area contributed by atoms with Crippen molar-refractivity contribution in [2.24, 2.45) is 0 Å². The normalized spacial score (nSPS) is 11.5. The molecule has 0 radical (unpaired) electrons. The Bertz CT molecular complexity index is 837. The van der Waals surface area contributed by atoms with Crippen LogP contribution in [0, 0.1) is 11.3 Å². The maximum Gasteiger partial charge on any atom is 0.264 e. The lowest BCUT2D eigenvalue weighted by molar-refractivity contribution is -0.130. The first-order valence-corrected chi connectivity index (χ1v) is 7.80. The number of hydrogen-bond donors (Lipinski definition) is 0. The minimum absolute atomic E-state index is 0.109. The molecule has 0 saturated carbocycles. The average Bonchev–Trinajstić information content (AvgIpc) is 2.96. The Kier molecular flexibility index (Phi) is 5.02. The van der Waals surface area contributed by atoms with Gasteiger partial charge >= 0.3 is 0 Å². The zero-order chi connectivity index (χ0) is 17.9. The summed E-state index contributed by atoms with van der Waals surface area (Å²) in [6, 6.07) is 2.00. The number of nitriles is 1. The van der Waals surface area contributed by atoms with E-state index < -0.39 is 0 Å². The van der Waals surface area contributed by atoms with Gasteiger partial charge in [0.05, 0.1) is 30.6 Å². The van der Waals surface area contributed by atoms with Gasteiger partial charge in [0.2, 0.25) is 5.91 Å². The first-order valence-electron chi connectivity index (χ1n) is 7.80. The molecule has 0 atom stereocenters. The third-order valence-corrected chi connectivity index (χ3v) is 3.74. The molecule has 0 aliphatic rings. The van der Waals surface area contributed by atoms with Crippen molar-refractivity contribution in [3.63, 3.8) is 0 Å². The molecule has 0 aliphatic heterocycles. The van der Waals surface area contributed by atoms with Crippen LogP contribution >= 0.6 is 0 Å². The van der Waals surface area contributed by atoms with Gasteiger partial charge < -0.3 is 4.90 Å². The van der Waals surface area contributed by atoms with E-state index in [4.69, 9.17) is 5.26 Å². The fourth-order valence-corrected chi connectivity index (χ4v) is 2.35. The number of carbonyl (C=O) groups is 1. The zero-order valence-electron chi connectivity index (χ0n) is 14.5. The monoisotopic (exact) mass is 330 g/mol. The lowest BCUT2D eigenvalue weighted by Gasteiger charge is -2.19. The second-order valence-corrected chi connectivity index (χ2v) is 6.68. The molecule has 0 saturated heterocycles. The molecular weight excluding hydrogens is 308 g/mol. The molecule has 2 aromatic heterocycles. The first-order chi connectivity index (χ1) is 11.3. The first kappa shape index (κ1) is 17.7. The fourth-order valence-electron chi connectivity index (χ4n) is 2.35. The van der Waals surface area contributed by atoms with E-state index in [0.29, 0.717) is 24.0 Å². The average molecular weight is 330 g/mol. The van der Waals surface area contributed by atoms with Crippen LogP contribution in [0.25, 0.3) is 11.0 Å². The van der Waals surface area contributed by atoms with E-state index in [2.05, 4.69) is 10.1 Å². The van der Waals surface area contributed by atoms with Crippen LogP contribution in [0.1, 0.15) is 33.6 Å². The Morgan fingerprint density at radius 2 is 2.12 bits per heavy atom. The molecule has 24 heavy (non-hydrogen) atoms. The number of amides is 1. The quantitative estimate of drug-likeness (QED) is 0.818. The van der Waals surface area contributed by atoms with Crippen LogP contribution in [-0.2, 0) is 16.9 Å².